The van der Waals surface area contributed by atoms with Gasteiger partial charge in [0.2, 0.25) is 5.91 Å². The molecule has 1 heterocycles. The van der Waals surface area contributed by atoms with Crippen molar-refractivity contribution in [3.63, 3.8) is 0 Å². The highest BCUT2D eigenvalue weighted by molar-refractivity contribution is 5.87. The molecule has 29 heavy (non-hydrogen) atoms. The lowest BCUT2D eigenvalue weighted by Crippen LogP contribution is -2.51. The van der Waals surface area contributed by atoms with Gasteiger partial charge in [0.25, 0.3) is 5.91 Å². The molecule has 2 aromatic carbocycles. The van der Waals surface area contributed by atoms with E-state index in [-0.39, 0.29) is 18.4 Å². The van der Waals surface area contributed by atoms with E-state index >= 15 is 0 Å². The molecule has 3 rings (SSSR count). The molecule has 0 unspecified atom stereocenters. The number of rotatable bonds is 5. The molecule has 2 aromatic rings. The van der Waals surface area contributed by atoms with E-state index in [0.717, 1.165) is 22.1 Å². The van der Waals surface area contributed by atoms with E-state index in [9.17, 15) is 14.4 Å². The molecular weight excluding hydrogens is 372 g/mol. The maximum atomic E-state index is 12.4. The van der Waals surface area contributed by atoms with E-state index in [0.29, 0.717) is 26.2 Å². The zero-order valence-corrected chi connectivity index (χ0v) is 17.0. The molecule has 2 amide bonds. The van der Waals surface area contributed by atoms with Crippen molar-refractivity contribution in [2.45, 2.75) is 19.8 Å². The first-order valence-corrected chi connectivity index (χ1v) is 9.66. The minimum atomic E-state index is -0.483. The normalized spacial score (nSPS) is 15.1. The number of carbonyl (C=O) groups is 3. The molecule has 0 aromatic heterocycles. The third kappa shape index (κ3) is 4.85. The lowest BCUT2D eigenvalue weighted by Gasteiger charge is -2.34. The SMILES string of the molecule is COc1ccc2cc([C@H](C)C(=O)OCC(=O)N3CCN(C(C)=O)CC3)ccc2c1. The van der Waals surface area contributed by atoms with E-state index < -0.39 is 11.9 Å². The quantitative estimate of drug-likeness (QED) is 0.722. The molecule has 0 saturated carbocycles. The van der Waals surface area contributed by atoms with Crippen LogP contribution in [0.1, 0.15) is 25.3 Å². The van der Waals surface area contributed by atoms with E-state index in [1.54, 1.807) is 23.8 Å². The lowest BCUT2D eigenvalue weighted by molar-refractivity contribution is -0.154. The smallest absolute Gasteiger partial charge is 0.313 e. The van der Waals surface area contributed by atoms with Crippen molar-refractivity contribution in [3.8, 4) is 5.75 Å². The number of fused-ring (bicyclic) bond motifs is 1. The van der Waals surface area contributed by atoms with Crippen LogP contribution in [0.4, 0.5) is 0 Å². The van der Waals surface area contributed by atoms with Gasteiger partial charge in [0.15, 0.2) is 6.61 Å². The van der Waals surface area contributed by atoms with Crippen LogP contribution < -0.4 is 4.74 Å². The van der Waals surface area contributed by atoms with Gasteiger partial charge in [-0.25, -0.2) is 0 Å². The van der Waals surface area contributed by atoms with Gasteiger partial charge < -0.3 is 19.3 Å². The number of hydrogen-bond acceptors (Lipinski definition) is 5. The number of methoxy groups -OCH3 is 1. The molecular formula is C22H26N2O5. The third-order valence-electron chi connectivity index (χ3n) is 5.34. The van der Waals surface area contributed by atoms with E-state index in [4.69, 9.17) is 9.47 Å². The zero-order valence-electron chi connectivity index (χ0n) is 17.0. The van der Waals surface area contributed by atoms with Crippen LogP contribution in [0.15, 0.2) is 36.4 Å². The Labute approximate surface area is 170 Å². The molecule has 0 radical (unpaired) electrons. The first-order chi connectivity index (χ1) is 13.9. The fourth-order valence-electron chi connectivity index (χ4n) is 3.39. The Morgan fingerprint density at radius 3 is 2.24 bits per heavy atom. The zero-order chi connectivity index (χ0) is 21.0. The second kappa shape index (κ2) is 8.94. The summed E-state index contributed by atoms with van der Waals surface area (Å²) < 4.78 is 10.5. The molecule has 0 N–H and O–H groups in total. The van der Waals surface area contributed by atoms with Gasteiger partial charge in [-0.3, -0.25) is 14.4 Å². The largest absolute Gasteiger partial charge is 0.497 e. The Bertz CT molecular complexity index is 919. The standard InChI is InChI=1S/C22H26N2O5/c1-15(17-4-5-19-13-20(28-3)7-6-18(19)12-17)22(27)29-14-21(26)24-10-8-23(9-11-24)16(2)25/h4-7,12-13,15H,8-11,14H2,1-3H3/t15-/m0/s1. The summed E-state index contributed by atoms with van der Waals surface area (Å²) in [4.78, 5) is 39.4. The first kappa shape index (κ1) is 20.6. The summed E-state index contributed by atoms with van der Waals surface area (Å²) in [6.07, 6.45) is 0. The third-order valence-corrected chi connectivity index (χ3v) is 5.34. The summed E-state index contributed by atoms with van der Waals surface area (Å²) in [6.45, 7) is 4.93. The maximum Gasteiger partial charge on any atom is 0.313 e. The average Bonchev–Trinajstić information content (AvgIpc) is 2.75. The van der Waals surface area contributed by atoms with Gasteiger partial charge in [0, 0.05) is 33.1 Å². The summed E-state index contributed by atoms with van der Waals surface area (Å²) >= 11 is 0. The first-order valence-electron chi connectivity index (χ1n) is 9.66. The number of esters is 1. The van der Waals surface area contributed by atoms with Crippen molar-refractivity contribution in [1.29, 1.82) is 0 Å². The van der Waals surface area contributed by atoms with E-state index in [1.807, 2.05) is 36.4 Å². The molecule has 1 saturated heterocycles. The summed E-state index contributed by atoms with van der Waals surface area (Å²) in [5.41, 5.74) is 0.829. The predicted octanol–water partition coefficient (Wildman–Crippen LogP) is 2.19. The molecule has 7 nitrogen and oxygen atoms in total. The molecule has 1 atom stereocenters. The molecule has 0 bridgehead atoms. The number of amides is 2. The fourth-order valence-corrected chi connectivity index (χ4v) is 3.39. The van der Waals surface area contributed by atoms with Crippen LogP contribution in [0.2, 0.25) is 0 Å². The van der Waals surface area contributed by atoms with Crippen LogP contribution in [-0.4, -0.2) is 67.5 Å². The van der Waals surface area contributed by atoms with Gasteiger partial charge in [-0.2, -0.15) is 0 Å². The van der Waals surface area contributed by atoms with Gasteiger partial charge in [-0.05, 0) is 35.4 Å². The molecule has 1 fully saturated rings. The highest BCUT2D eigenvalue weighted by Crippen LogP contribution is 2.25. The van der Waals surface area contributed by atoms with E-state index in [1.165, 1.54) is 6.92 Å². The van der Waals surface area contributed by atoms with Crippen LogP contribution in [-0.2, 0) is 19.1 Å². The number of hydrogen-bond donors (Lipinski definition) is 0. The summed E-state index contributed by atoms with van der Waals surface area (Å²) in [6, 6.07) is 11.5. The van der Waals surface area contributed by atoms with Crippen LogP contribution >= 0.6 is 0 Å². The number of benzene rings is 2. The van der Waals surface area contributed by atoms with Gasteiger partial charge in [-0.15, -0.1) is 0 Å². The highest BCUT2D eigenvalue weighted by atomic mass is 16.5. The van der Waals surface area contributed by atoms with Gasteiger partial charge >= 0.3 is 5.97 Å². The minimum Gasteiger partial charge on any atom is -0.497 e. The molecule has 154 valence electrons. The van der Waals surface area contributed by atoms with Crippen molar-refractivity contribution in [2.24, 2.45) is 0 Å². The Kier molecular flexibility index (Phi) is 6.36. The highest BCUT2D eigenvalue weighted by Gasteiger charge is 2.24. The second-order valence-electron chi connectivity index (χ2n) is 7.19. The van der Waals surface area contributed by atoms with Gasteiger partial charge in [0.1, 0.15) is 5.75 Å². The van der Waals surface area contributed by atoms with Crippen molar-refractivity contribution in [3.05, 3.63) is 42.0 Å². The number of nitrogens with zero attached hydrogens (tertiary/aromatic N) is 2. The Hall–Kier alpha value is -3.09. The average molecular weight is 398 g/mol. The lowest BCUT2D eigenvalue weighted by atomic mass is 9.98. The second-order valence-corrected chi connectivity index (χ2v) is 7.19. The monoisotopic (exact) mass is 398 g/mol. The van der Waals surface area contributed by atoms with Crippen LogP contribution in [0.5, 0.6) is 5.75 Å². The number of piperazine rings is 1. The molecule has 7 heteroatoms. The Morgan fingerprint density at radius 2 is 1.59 bits per heavy atom. The number of carbonyl (C=O) groups excluding carboxylic acids is 3. The summed E-state index contributed by atoms with van der Waals surface area (Å²) in [7, 11) is 1.62. The van der Waals surface area contributed by atoms with Crippen LogP contribution in [0.25, 0.3) is 10.8 Å². The maximum absolute atomic E-state index is 12.4. The summed E-state index contributed by atoms with van der Waals surface area (Å²) in [5, 5.41) is 2.02. The number of ether oxygens (including phenoxy) is 2. The van der Waals surface area contributed by atoms with Crippen molar-refractivity contribution >= 4 is 28.6 Å². The fraction of sp³-hybridized carbons (Fsp3) is 0.409. The molecule has 0 spiro atoms. The van der Waals surface area contributed by atoms with Crippen LogP contribution in [0, 0.1) is 0 Å². The Balaban J connectivity index is 1.56. The minimum absolute atomic E-state index is 0.00572. The van der Waals surface area contributed by atoms with Gasteiger partial charge in [-0.1, -0.05) is 24.3 Å². The van der Waals surface area contributed by atoms with Crippen molar-refractivity contribution < 1.29 is 23.9 Å². The van der Waals surface area contributed by atoms with Crippen LogP contribution in [0.3, 0.4) is 0 Å². The van der Waals surface area contributed by atoms with Gasteiger partial charge in [0.05, 0.1) is 13.0 Å². The van der Waals surface area contributed by atoms with Crippen molar-refractivity contribution in [2.75, 3.05) is 39.9 Å². The summed E-state index contributed by atoms with van der Waals surface area (Å²) in [5.74, 6) is -0.372. The Morgan fingerprint density at radius 1 is 0.966 bits per heavy atom. The van der Waals surface area contributed by atoms with E-state index in [2.05, 4.69) is 0 Å². The molecule has 0 aliphatic carbocycles. The molecule has 1 aliphatic heterocycles. The van der Waals surface area contributed by atoms with Crippen molar-refractivity contribution in [1.82, 2.24) is 9.80 Å². The predicted molar refractivity (Wildman–Crippen MR) is 109 cm³/mol. The molecule has 1 aliphatic rings. The topological polar surface area (TPSA) is 76.2 Å².